The summed E-state index contributed by atoms with van der Waals surface area (Å²) in [4.78, 5) is 36.0. The summed E-state index contributed by atoms with van der Waals surface area (Å²) in [5.41, 5.74) is 0. The Balaban J connectivity index is 4.05. The number of unbranched alkanes of at least 4 members (excludes halogenated alkanes) is 24. The van der Waals surface area contributed by atoms with Gasteiger partial charge in [-0.1, -0.05) is 361 Å². The second kappa shape index (κ2) is 81.4. The highest BCUT2D eigenvalue weighted by atomic mass is 31.2. The van der Waals surface area contributed by atoms with E-state index in [9.17, 15) is 19.0 Å². The van der Waals surface area contributed by atoms with E-state index in [2.05, 4.69) is 233 Å². The number of phosphoric ester groups is 1. The number of likely N-dealkylation sites (N-methyl/N-ethyl adjacent to an activating group) is 1. The van der Waals surface area contributed by atoms with Crippen LogP contribution in [0.2, 0.25) is 0 Å². The quantitative estimate of drug-likeness (QED) is 0.0211. The Kier molecular flexibility index (Phi) is 77.0. The van der Waals surface area contributed by atoms with Gasteiger partial charge in [0.25, 0.3) is 0 Å². The van der Waals surface area contributed by atoms with E-state index in [1.54, 1.807) is 0 Å². The van der Waals surface area contributed by atoms with Crippen LogP contribution in [0.1, 0.15) is 309 Å². The molecule has 0 amide bonds. The number of rotatable bonds is 74. The summed E-state index contributed by atoms with van der Waals surface area (Å²) in [7, 11) is 1.45. The third-order valence-electron chi connectivity index (χ3n) is 17.0. The largest absolute Gasteiger partial charge is 0.472 e. The van der Waals surface area contributed by atoms with Gasteiger partial charge in [0, 0.05) is 12.8 Å². The first-order valence-electron chi connectivity index (χ1n) is 41.5. The predicted molar refractivity (Wildman–Crippen MR) is 454 cm³/mol. The Labute approximate surface area is 639 Å². The maximum atomic E-state index is 12.9. The van der Waals surface area contributed by atoms with E-state index in [0.717, 1.165) is 161 Å². The molecule has 0 aliphatic carbocycles. The van der Waals surface area contributed by atoms with Gasteiger partial charge in [-0.3, -0.25) is 18.6 Å². The molecule has 0 radical (unpaired) electrons. The summed E-state index contributed by atoms with van der Waals surface area (Å²) in [6.07, 6.45) is 129. The zero-order valence-electron chi connectivity index (χ0n) is 66.9. The topological polar surface area (TPSA) is 108 Å². The Bertz CT molecular complexity index is 2570. The second-order valence-electron chi connectivity index (χ2n) is 28.0. The van der Waals surface area contributed by atoms with E-state index in [4.69, 9.17) is 18.5 Å². The lowest BCUT2D eigenvalue weighted by molar-refractivity contribution is -0.870. The number of carbonyl (C=O) groups is 2. The van der Waals surface area contributed by atoms with Crippen molar-refractivity contribution in [3.05, 3.63) is 219 Å². The SMILES string of the molecule is CC/C=C\C/C=C\C/C=C\C/C=C\C/C=C\C/C=C\C/C=C\C/C=C\C/C=C\C/C=C\CCCCCCCCCCC(=O)OC(COC(=O)CCCCCCCCCCCCCCCCCC/C=C\C/C=C\C/C=C\C/C=C\C/C=C\C/C=C\C/C=C\C/C=C\CC)COP(=O)(O)OCC[N+](C)(C)C. The molecule has 1 N–H and O–H groups in total. The van der Waals surface area contributed by atoms with Crippen molar-refractivity contribution in [3.8, 4) is 0 Å². The highest BCUT2D eigenvalue weighted by molar-refractivity contribution is 7.47. The average Bonchev–Trinajstić information content (AvgIpc) is 0.915. The van der Waals surface area contributed by atoms with E-state index in [1.165, 1.54) is 116 Å². The molecular formula is C94H153NO8P+. The summed E-state index contributed by atoms with van der Waals surface area (Å²) < 4.78 is 34.8. The molecule has 0 heterocycles. The number of phosphoric acid groups is 1. The van der Waals surface area contributed by atoms with Gasteiger partial charge >= 0.3 is 19.8 Å². The van der Waals surface area contributed by atoms with Crippen molar-refractivity contribution in [3.63, 3.8) is 0 Å². The summed E-state index contributed by atoms with van der Waals surface area (Å²) >= 11 is 0. The summed E-state index contributed by atoms with van der Waals surface area (Å²) in [6.45, 7) is 4.19. The fourth-order valence-electron chi connectivity index (χ4n) is 10.8. The third kappa shape index (κ3) is 85.3. The van der Waals surface area contributed by atoms with Crippen LogP contribution in [0, 0.1) is 0 Å². The van der Waals surface area contributed by atoms with Gasteiger partial charge in [-0.25, -0.2) is 4.57 Å². The van der Waals surface area contributed by atoms with Crippen molar-refractivity contribution >= 4 is 19.8 Å². The van der Waals surface area contributed by atoms with Gasteiger partial charge in [0.1, 0.15) is 19.8 Å². The molecule has 0 aromatic carbocycles. The minimum Gasteiger partial charge on any atom is -0.462 e. The maximum absolute atomic E-state index is 12.9. The number of hydrogen-bond acceptors (Lipinski definition) is 7. The zero-order valence-corrected chi connectivity index (χ0v) is 67.8. The lowest BCUT2D eigenvalue weighted by Gasteiger charge is -2.24. The van der Waals surface area contributed by atoms with E-state index in [1.807, 2.05) is 21.1 Å². The Hall–Kier alpha value is -5.67. The molecular weight excluding hydrogens is 1300 g/mol. The van der Waals surface area contributed by atoms with E-state index < -0.39 is 26.5 Å². The van der Waals surface area contributed by atoms with Crippen LogP contribution in [0.25, 0.3) is 0 Å². The molecule has 0 aliphatic heterocycles. The number of esters is 2. The van der Waals surface area contributed by atoms with E-state index in [-0.39, 0.29) is 32.0 Å². The molecule has 104 heavy (non-hydrogen) atoms. The number of carbonyl (C=O) groups excluding carboxylic acids is 2. The van der Waals surface area contributed by atoms with Gasteiger partial charge in [0.05, 0.1) is 27.7 Å². The van der Waals surface area contributed by atoms with Crippen molar-refractivity contribution in [2.24, 2.45) is 0 Å². The van der Waals surface area contributed by atoms with Crippen LogP contribution in [0.3, 0.4) is 0 Å². The highest BCUT2D eigenvalue weighted by Gasteiger charge is 2.27. The first-order chi connectivity index (χ1) is 51.0. The molecule has 0 saturated carbocycles. The first kappa shape index (κ1) is 98.3. The number of hydrogen-bond donors (Lipinski definition) is 1. The molecule has 0 aromatic rings. The smallest absolute Gasteiger partial charge is 0.462 e. The van der Waals surface area contributed by atoms with E-state index >= 15 is 0 Å². The highest BCUT2D eigenvalue weighted by Crippen LogP contribution is 2.43. The summed E-state index contributed by atoms with van der Waals surface area (Å²) in [5, 5.41) is 0. The van der Waals surface area contributed by atoms with Gasteiger partial charge in [-0.05, 0) is 154 Å². The number of ether oxygens (including phenoxy) is 2. The van der Waals surface area contributed by atoms with Crippen LogP contribution in [0.5, 0.6) is 0 Å². The van der Waals surface area contributed by atoms with Gasteiger partial charge in [0.2, 0.25) is 0 Å². The van der Waals surface area contributed by atoms with Gasteiger partial charge < -0.3 is 18.9 Å². The van der Waals surface area contributed by atoms with Crippen molar-refractivity contribution in [2.45, 2.75) is 315 Å². The molecule has 0 aliphatic rings. The normalized spacial score (nSPS) is 14.2. The fraction of sp³-hybridized carbons (Fsp3) is 0.596. The molecule has 2 atom stereocenters. The molecule has 0 bridgehead atoms. The van der Waals surface area contributed by atoms with E-state index in [0.29, 0.717) is 17.4 Å². The maximum Gasteiger partial charge on any atom is 0.472 e. The monoisotopic (exact) mass is 1460 g/mol. The lowest BCUT2D eigenvalue weighted by Crippen LogP contribution is -2.37. The Morgan fingerprint density at radius 2 is 0.519 bits per heavy atom. The van der Waals surface area contributed by atoms with Gasteiger partial charge in [-0.2, -0.15) is 0 Å². The van der Waals surface area contributed by atoms with Crippen LogP contribution in [0.15, 0.2) is 219 Å². The van der Waals surface area contributed by atoms with Crippen molar-refractivity contribution in [1.82, 2.24) is 0 Å². The van der Waals surface area contributed by atoms with Crippen LogP contribution < -0.4 is 0 Å². The second-order valence-corrected chi connectivity index (χ2v) is 29.5. The van der Waals surface area contributed by atoms with Crippen LogP contribution in [-0.2, 0) is 32.7 Å². The molecule has 10 heteroatoms. The minimum atomic E-state index is -4.41. The number of nitrogens with zero attached hydrogens (tertiary/aromatic N) is 1. The van der Waals surface area contributed by atoms with Crippen molar-refractivity contribution < 1.29 is 42.1 Å². The molecule has 0 rings (SSSR count). The van der Waals surface area contributed by atoms with Gasteiger partial charge in [-0.15, -0.1) is 0 Å². The van der Waals surface area contributed by atoms with Crippen molar-refractivity contribution in [1.29, 1.82) is 0 Å². The molecule has 586 valence electrons. The Morgan fingerprint density at radius 3 is 0.769 bits per heavy atom. The van der Waals surface area contributed by atoms with Crippen LogP contribution in [-0.4, -0.2) is 74.9 Å². The Morgan fingerprint density at radius 1 is 0.298 bits per heavy atom. The molecule has 9 nitrogen and oxygen atoms in total. The van der Waals surface area contributed by atoms with Crippen LogP contribution in [0.4, 0.5) is 0 Å². The van der Waals surface area contributed by atoms with Crippen LogP contribution >= 0.6 is 7.82 Å². The summed E-state index contributed by atoms with van der Waals surface area (Å²) in [5.74, 6) is -0.813. The average molecular weight is 1460 g/mol. The van der Waals surface area contributed by atoms with Crippen molar-refractivity contribution in [2.75, 3.05) is 47.5 Å². The zero-order chi connectivity index (χ0) is 75.4. The van der Waals surface area contributed by atoms with Gasteiger partial charge in [0.15, 0.2) is 6.10 Å². The molecule has 0 saturated heterocycles. The number of allylic oxidation sites excluding steroid dienone is 36. The third-order valence-corrected chi connectivity index (χ3v) is 18.0. The number of quaternary nitrogens is 1. The predicted octanol–water partition coefficient (Wildman–Crippen LogP) is 28.3. The standard InChI is InChI=1S/C94H152NO8P/c1-6-8-10-12-14-16-18-20-22-24-26-28-30-32-34-36-38-40-42-44-46-47-49-50-52-54-56-58-60-62-64-66-68-70-72-74-76-78-80-82-84-86-93(96)100-90-92(91-102-104(98,99)101-89-88-95(3,4)5)103-94(97)87-85-83-81-79-77-75-73-71-69-67-65-63-61-59-57-55-53-51-48-45-43-41-39-37-35-33-31-29-27-25-23-21-19-17-15-13-11-9-7-2/h8-11,14-17,20-23,26-29,32-35,38-41,44-46,48-50,53,55,59,61,65,67,92H,6-7,12-13,18-19,24-25,30-31,36-37,42-43,47,51-52,54,56-58,60,62-64,66,68-91H2,1-5H3/p+1/b10-8-,11-9-,16-14-,17-15-,22-20-,23-21-,28-26-,29-27-,34-32-,35-33-,40-38-,41-39-,46-44-,48-45-,50-49-,55-53-,61-59-,67-65-. The molecule has 0 fully saturated rings. The minimum absolute atomic E-state index is 0.0207. The summed E-state index contributed by atoms with van der Waals surface area (Å²) in [6, 6.07) is 0. The molecule has 2 unspecified atom stereocenters. The molecule has 0 spiro atoms. The first-order valence-corrected chi connectivity index (χ1v) is 43.0. The fourth-order valence-corrected chi connectivity index (χ4v) is 11.5. The lowest BCUT2D eigenvalue weighted by atomic mass is 10.0. The molecule has 0 aromatic heterocycles.